The summed E-state index contributed by atoms with van der Waals surface area (Å²) in [6, 6.07) is 2.11. The minimum Gasteiger partial charge on any atom is -0.384 e. The Morgan fingerprint density at radius 1 is 1.38 bits per heavy atom. The molecule has 0 amide bonds. The molecule has 1 rings (SSSR count). The van der Waals surface area contributed by atoms with Gasteiger partial charge in [0, 0.05) is 0 Å². The van der Waals surface area contributed by atoms with Crippen molar-refractivity contribution >= 4 is 15.9 Å². The highest BCUT2D eigenvalue weighted by Crippen LogP contribution is 2.24. The van der Waals surface area contributed by atoms with Gasteiger partial charge >= 0.3 is 0 Å². The molecule has 1 unspecified atom stereocenters. The largest absolute Gasteiger partial charge is 0.384 e. The number of aliphatic hydroxyl groups excluding tert-OH is 1. The summed E-state index contributed by atoms with van der Waals surface area (Å²) < 4.78 is 25.6. The minimum atomic E-state index is -1.04. The van der Waals surface area contributed by atoms with Crippen molar-refractivity contribution in [3.05, 3.63) is 46.5 Å². The first kappa shape index (κ1) is 10.3. The van der Waals surface area contributed by atoms with Gasteiger partial charge < -0.3 is 5.11 Å². The van der Waals surface area contributed by atoms with Crippen molar-refractivity contribution < 1.29 is 13.9 Å². The van der Waals surface area contributed by atoms with E-state index in [4.69, 9.17) is 0 Å². The SMILES string of the molecule is C=CC(O)c1cc(F)c(Br)c(F)c1. The molecular weight excluding hydrogens is 242 g/mol. The molecule has 1 nitrogen and oxygen atoms in total. The van der Waals surface area contributed by atoms with Crippen molar-refractivity contribution in [2.75, 3.05) is 0 Å². The van der Waals surface area contributed by atoms with E-state index in [0.29, 0.717) is 0 Å². The minimum absolute atomic E-state index is 0.146. The molecule has 0 spiro atoms. The quantitative estimate of drug-likeness (QED) is 0.631. The highest BCUT2D eigenvalue weighted by molar-refractivity contribution is 9.10. The van der Waals surface area contributed by atoms with E-state index in [1.807, 2.05) is 0 Å². The van der Waals surface area contributed by atoms with Crippen LogP contribution in [0.15, 0.2) is 29.3 Å². The van der Waals surface area contributed by atoms with E-state index < -0.39 is 17.7 Å². The fraction of sp³-hybridized carbons (Fsp3) is 0.111. The molecule has 0 aromatic heterocycles. The predicted molar refractivity (Wildman–Crippen MR) is 49.2 cm³/mol. The van der Waals surface area contributed by atoms with Gasteiger partial charge in [-0.3, -0.25) is 0 Å². The van der Waals surface area contributed by atoms with E-state index in [9.17, 15) is 13.9 Å². The molecule has 0 bridgehead atoms. The fourth-order valence-electron chi connectivity index (χ4n) is 0.882. The number of hydrogen-bond donors (Lipinski definition) is 1. The van der Waals surface area contributed by atoms with E-state index in [1.54, 1.807) is 0 Å². The zero-order valence-electron chi connectivity index (χ0n) is 6.60. The molecule has 70 valence electrons. The lowest BCUT2D eigenvalue weighted by Crippen LogP contribution is -1.96. The smallest absolute Gasteiger partial charge is 0.140 e. The van der Waals surface area contributed by atoms with Crippen LogP contribution >= 0.6 is 15.9 Å². The molecule has 0 aliphatic carbocycles. The Balaban J connectivity index is 3.20. The van der Waals surface area contributed by atoms with E-state index in [0.717, 1.165) is 12.1 Å². The van der Waals surface area contributed by atoms with Crippen molar-refractivity contribution in [1.29, 1.82) is 0 Å². The van der Waals surface area contributed by atoms with Gasteiger partial charge in [-0.2, -0.15) is 0 Å². The average molecular weight is 249 g/mol. The van der Waals surface area contributed by atoms with Crippen LogP contribution in [0.4, 0.5) is 8.78 Å². The van der Waals surface area contributed by atoms with Crippen molar-refractivity contribution in [2.24, 2.45) is 0 Å². The highest BCUT2D eigenvalue weighted by Gasteiger charge is 2.11. The normalized spacial score (nSPS) is 12.6. The van der Waals surface area contributed by atoms with Crippen LogP contribution in [0.3, 0.4) is 0 Å². The van der Waals surface area contributed by atoms with E-state index >= 15 is 0 Å². The van der Waals surface area contributed by atoms with Crippen LogP contribution in [-0.2, 0) is 0 Å². The molecule has 0 aliphatic heterocycles. The van der Waals surface area contributed by atoms with Gasteiger partial charge in [0.05, 0.1) is 10.6 Å². The van der Waals surface area contributed by atoms with Crippen molar-refractivity contribution in [3.63, 3.8) is 0 Å². The number of halogens is 3. The van der Waals surface area contributed by atoms with Crippen LogP contribution in [0.5, 0.6) is 0 Å². The lowest BCUT2D eigenvalue weighted by Gasteiger charge is -2.06. The lowest BCUT2D eigenvalue weighted by atomic mass is 10.1. The first-order valence-corrected chi connectivity index (χ1v) is 4.30. The molecule has 13 heavy (non-hydrogen) atoms. The zero-order valence-corrected chi connectivity index (χ0v) is 8.18. The first-order chi connectivity index (χ1) is 6.06. The Morgan fingerprint density at radius 3 is 2.23 bits per heavy atom. The van der Waals surface area contributed by atoms with Gasteiger partial charge in [0.15, 0.2) is 0 Å². The van der Waals surface area contributed by atoms with Gasteiger partial charge in [-0.15, -0.1) is 6.58 Å². The fourth-order valence-corrected chi connectivity index (χ4v) is 1.11. The van der Waals surface area contributed by atoms with Crippen LogP contribution in [0.1, 0.15) is 11.7 Å². The first-order valence-electron chi connectivity index (χ1n) is 3.51. The number of aliphatic hydroxyl groups is 1. The Hall–Kier alpha value is -0.740. The van der Waals surface area contributed by atoms with E-state index in [2.05, 4.69) is 22.5 Å². The van der Waals surface area contributed by atoms with E-state index in [1.165, 1.54) is 6.08 Å². The molecule has 1 atom stereocenters. The monoisotopic (exact) mass is 248 g/mol. The molecule has 1 aromatic carbocycles. The highest BCUT2D eigenvalue weighted by atomic mass is 79.9. The van der Waals surface area contributed by atoms with Gasteiger partial charge in [0.1, 0.15) is 11.6 Å². The second kappa shape index (κ2) is 3.98. The Morgan fingerprint density at radius 2 is 1.85 bits per heavy atom. The third kappa shape index (κ3) is 2.14. The summed E-state index contributed by atoms with van der Waals surface area (Å²) >= 11 is 2.73. The van der Waals surface area contributed by atoms with Crippen LogP contribution in [0, 0.1) is 11.6 Å². The second-order valence-corrected chi connectivity index (χ2v) is 3.27. The maximum absolute atomic E-state index is 12.9. The summed E-state index contributed by atoms with van der Waals surface area (Å²) in [6.45, 7) is 3.31. The summed E-state index contributed by atoms with van der Waals surface area (Å²) in [5.74, 6) is -1.48. The topological polar surface area (TPSA) is 20.2 Å². The van der Waals surface area contributed by atoms with Crippen molar-refractivity contribution in [3.8, 4) is 0 Å². The van der Waals surface area contributed by atoms with Gasteiger partial charge in [-0.05, 0) is 33.6 Å². The Bertz CT molecular complexity index is 315. The predicted octanol–water partition coefficient (Wildman–Crippen LogP) is 2.95. The standard InChI is InChI=1S/C9H7BrF2O/c1-2-8(13)5-3-6(11)9(10)7(12)4-5/h2-4,8,13H,1H2. The maximum Gasteiger partial charge on any atom is 0.140 e. The third-order valence-corrected chi connectivity index (χ3v) is 2.33. The molecular formula is C9H7BrF2O. The molecule has 0 fully saturated rings. The van der Waals surface area contributed by atoms with Gasteiger partial charge in [0.2, 0.25) is 0 Å². The van der Waals surface area contributed by atoms with Crippen LogP contribution in [0.25, 0.3) is 0 Å². The van der Waals surface area contributed by atoms with Gasteiger partial charge in [-0.1, -0.05) is 6.08 Å². The van der Waals surface area contributed by atoms with Crippen molar-refractivity contribution in [2.45, 2.75) is 6.10 Å². The summed E-state index contributed by atoms with van der Waals surface area (Å²) in [5, 5.41) is 9.20. The summed E-state index contributed by atoms with van der Waals surface area (Å²) in [7, 11) is 0. The molecule has 0 saturated carbocycles. The molecule has 1 aromatic rings. The molecule has 0 radical (unpaired) electrons. The van der Waals surface area contributed by atoms with Gasteiger partial charge in [-0.25, -0.2) is 8.78 Å². The third-order valence-electron chi connectivity index (χ3n) is 1.57. The average Bonchev–Trinajstić information content (AvgIpc) is 2.12. The number of benzene rings is 1. The molecule has 0 heterocycles. The molecule has 0 aliphatic rings. The molecule has 4 heteroatoms. The Kier molecular flexibility index (Phi) is 3.17. The van der Waals surface area contributed by atoms with Gasteiger partial charge in [0.25, 0.3) is 0 Å². The zero-order chi connectivity index (χ0) is 10.0. The van der Waals surface area contributed by atoms with Crippen LogP contribution < -0.4 is 0 Å². The van der Waals surface area contributed by atoms with Crippen LogP contribution in [-0.4, -0.2) is 5.11 Å². The summed E-state index contributed by atoms with van der Waals surface area (Å²) in [4.78, 5) is 0. The Labute approximate surface area is 82.8 Å². The summed E-state index contributed by atoms with van der Waals surface area (Å²) in [6.07, 6.45) is 0.152. The van der Waals surface area contributed by atoms with E-state index in [-0.39, 0.29) is 10.0 Å². The number of rotatable bonds is 2. The maximum atomic E-state index is 12.9. The summed E-state index contributed by atoms with van der Waals surface area (Å²) in [5.41, 5.74) is 0.146. The van der Waals surface area contributed by atoms with Crippen molar-refractivity contribution in [1.82, 2.24) is 0 Å². The number of hydrogen-bond acceptors (Lipinski definition) is 1. The second-order valence-electron chi connectivity index (χ2n) is 2.48. The van der Waals surface area contributed by atoms with Crippen LogP contribution in [0.2, 0.25) is 0 Å². The lowest BCUT2D eigenvalue weighted by molar-refractivity contribution is 0.228. The molecule has 0 saturated heterocycles. The molecule has 1 N–H and O–H groups in total.